The van der Waals surface area contributed by atoms with Crippen molar-refractivity contribution in [3.05, 3.63) is 0 Å². The predicted molar refractivity (Wildman–Crippen MR) is 63.0 cm³/mol. The van der Waals surface area contributed by atoms with Crippen molar-refractivity contribution in [2.75, 3.05) is 32.2 Å². The molecule has 0 aliphatic heterocycles. The molecular weight excluding hydrogens is 198 g/mol. The third kappa shape index (κ3) is 10.3. The van der Waals surface area contributed by atoms with Gasteiger partial charge in [0.05, 0.1) is 6.61 Å². The van der Waals surface area contributed by atoms with Crippen LogP contribution in [0.3, 0.4) is 0 Å². The van der Waals surface area contributed by atoms with Crippen LogP contribution < -0.4 is 5.32 Å². The van der Waals surface area contributed by atoms with Crippen molar-refractivity contribution in [2.24, 2.45) is 11.8 Å². The van der Waals surface area contributed by atoms with Gasteiger partial charge in [0.2, 0.25) is 0 Å². The van der Waals surface area contributed by atoms with Gasteiger partial charge < -0.3 is 10.1 Å². The summed E-state index contributed by atoms with van der Waals surface area (Å²) in [5.41, 5.74) is 0. The van der Waals surface area contributed by atoms with E-state index in [9.17, 15) is 0 Å². The zero-order valence-electron chi connectivity index (χ0n) is 9.68. The number of halogens is 1. The van der Waals surface area contributed by atoms with Crippen LogP contribution in [0.1, 0.15) is 27.2 Å². The predicted octanol–water partition coefficient (Wildman–Crippen LogP) is 2.51. The maximum Gasteiger partial charge on any atom is 0.0590 e. The largest absolute Gasteiger partial charge is 0.380 e. The lowest BCUT2D eigenvalue weighted by molar-refractivity contribution is 0.125. The summed E-state index contributed by atoms with van der Waals surface area (Å²) in [5.74, 6) is 2.01. The summed E-state index contributed by atoms with van der Waals surface area (Å²) in [7, 11) is 0. The van der Waals surface area contributed by atoms with E-state index in [-0.39, 0.29) is 0 Å². The van der Waals surface area contributed by atoms with Gasteiger partial charge in [0.15, 0.2) is 0 Å². The smallest absolute Gasteiger partial charge is 0.0590 e. The van der Waals surface area contributed by atoms with Gasteiger partial charge in [0, 0.05) is 19.0 Å². The fourth-order valence-corrected chi connectivity index (χ4v) is 1.08. The number of rotatable bonds is 9. The van der Waals surface area contributed by atoms with Crippen molar-refractivity contribution < 1.29 is 4.74 Å². The second-order valence-electron chi connectivity index (χ2n) is 4.26. The molecule has 86 valence electrons. The van der Waals surface area contributed by atoms with Gasteiger partial charge in [-0.1, -0.05) is 20.8 Å². The van der Waals surface area contributed by atoms with Gasteiger partial charge in [0.1, 0.15) is 0 Å². The number of hydrogen-bond acceptors (Lipinski definition) is 2. The van der Waals surface area contributed by atoms with E-state index in [0.717, 1.165) is 44.5 Å². The zero-order valence-corrected chi connectivity index (χ0v) is 10.4. The molecule has 0 fully saturated rings. The topological polar surface area (TPSA) is 21.3 Å². The normalized spacial score (nSPS) is 13.5. The van der Waals surface area contributed by atoms with Crippen LogP contribution in [0.2, 0.25) is 0 Å². The molecule has 2 nitrogen and oxygen atoms in total. The highest BCUT2D eigenvalue weighted by molar-refractivity contribution is 6.18. The quantitative estimate of drug-likeness (QED) is 0.477. The van der Waals surface area contributed by atoms with E-state index in [1.54, 1.807) is 0 Å². The average Bonchev–Trinajstić information content (AvgIpc) is 2.15. The molecule has 0 aromatic rings. The summed E-state index contributed by atoms with van der Waals surface area (Å²) in [4.78, 5) is 0. The Morgan fingerprint density at radius 2 is 1.93 bits per heavy atom. The Kier molecular flexibility index (Phi) is 9.90. The van der Waals surface area contributed by atoms with E-state index >= 15 is 0 Å². The van der Waals surface area contributed by atoms with Crippen LogP contribution in [-0.4, -0.2) is 32.2 Å². The molecule has 0 spiro atoms. The van der Waals surface area contributed by atoms with Crippen LogP contribution in [0.25, 0.3) is 0 Å². The van der Waals surface area contributed by atoms with Crippen molar-refractivity contribution in [2.45, 2.75) is 27.2 Å². The molecule has 0 aliphatic carbocycles. The lowest BCUT2D eigenvalue weighted by Gasteiger charge is -2.10. The lowest BCUT2D eigenvalue weighted by Crippen LogP contribution is -2.26. The third-order valence-electron chi connectivity index (χ3n) is 2.02. The van der Waals surface area contributed by atoms with E-state index in [1.807, 2.05) is 0 Å². The van der Waals surface area contributed by atoms with Crippen molar-refractivity contribution in [1.82, 2.24) is 5.32 Å². The number of alkyl halides is 1. The molecule has 0 radical (unpaired) electrons. The van der Waals surface area contributed by atoms with Gasteiger partial charge in [0.25, 0.3) is 0 Å². The van der Waals surface area contributed by atoms with E-state index in [1.165, 1.54) is 0 Å². The van der Waals surface area contributed by atoms with Crippen LogP contribution in [-0.2, 0) is 4.74 Å². The van der Waals surface area contributed by atoms with Gasteiger partial charge in [-0.3, -0.25) is 0 Å². The number of ether oxygens (including phenoxy) is 1. The number of hydrogen-bond donors (Lipinski definition) is 1. The monoisotopic (exact) mass is 221 g/mol. The molecule has 0 aromatic heterocycles. The Morgan fingerprint density at radius 1 is 1.21 bits per heavy atom. The highest BCUT2D eigenvalue weighted by atomic mass is 35.5. The van der Waals surface area contributed by atoms with Crippen LogP contribution >= 0.6 is 11.6 Å². The second-order valence-corrected chi connectivity index (χ2v) is 4.57. The molecule has 14 heavy (non-hydrogen) atoms. The maximum atomic E-state index is 5.68. The first kappa shape index (κ1) is 14.2. The minimum absolute atomic E-state index is 0.548. The molecule has 0 bridgehead atoms. The first-order chi connectivity index (χ1) is 6.66. The maximum absolute atomic E-state index is 5.68. The Hall–Kier alpha value is 0.210. The molecule has 3 heteroatoms. The highest BCUT2D eigenvalue weighted by Crippen LogP contribution is 1.98. The SMILES string of the molecule is CC(C)CCOCCNCC(C)CCl. The molecule has 1 N–H and O–H groups in total. The van der Waals surface area contributed by atoms with Crippen LogP contribution in [0.4, 0.5) is 0 Å². The first-order valence-electron chi connectivity index (χ1n) is 5.51. The molecule has 0 heterocycles. The summed E-state index contributed by atoms with van der Waals surface area (Å²) >= 11 is 5.68. The van der Waals surface area contributed by atoms with Gasteiger partial charge in [-0.05, 0) is 24.8 Å². The summed E-state index contributed by atoms with van der Waals surface area (Å²) in [6.07, 6.45) is 1.15. The highest BCUT2D eigenvalue weighted by Gasteiger charge is 1.98. The van der Waals surface area contributed by atoms with Crippen LogP contribution in [0.5, 0.6) is 0 Å². The molecule has 0 saturated heterocycles. The molecule has 0 amide bonds. The molecule has 1 atom stereocenters. The van der Waals surface area contributed by atoms with Gasteiger partial charge in [-0.2, -0.15) is 0 Å². The fourth-order valence-electron chi connectivity index (χ4n) is 0.968. The fraction of sp³-hybridized carbons (Fsp3) is 1.00. The molecular formula is C11H24ClNO. The minimum atomic E-state index is 0.548. The Morgan fingerprint density at radius 3 is 2.50 bits per heavy atom. The van der Waals surface area contributed by atoms with E-state index in [2.05, 4.69) is 26.1 Å². The van der Waals surface area contributed by atoms with Crippen molar-refractivity contribution in [1.29, 1.82) is 0 Å². The van der Waals surface area contributed by atoms with Crippen molar-refractivity contribution in [3.8, 4) is 0 Å². The molecule has 0 aliphatic rings. The Bertz CT molecular complexity index is 120. The van der Waals surface area contributed by atoms with E-state index in [0.29, 0.717) is 5.92 Å². The second kappa shape index (κ2) is 9.75. The summed E-state index contributed by atoms with van der Waals surface area (Å²) < 4.78 is 5.46. The molecule has 0 aromatic carbocycles. The molecule has 0 saturated carbocycles. The zero-order chi connectivity index (χ0) is 10.8. The molecule has 0 rings (SSSR count). The van der Waals surface area contributed by atoms with Crippen LogP contribution in [0, 0.1) is 11.8 Å². The standard InChI is InChI=1S/C11H24ClNO/c1-10(2)4-6-14-7-5-13-9-11(3)8-12/h10-11,13H,4-9H2,1-3H3. The van der Waals surface area contributed by atoms with Gasteiger partial charge >= 0.3 is 0 Å². The van der Waals surface area contributed by atoms with Crippen molar-refractivity contribution in [3.63, 3.8) is 0 Å². The lowest BCUT2D eigenvalue weighted by atomic mass is 10.1. The summed E-state index contributed by atoms with van der Waals surface area (Å²) in [5, 5.41) is 3.31. The Balaban J connectivity index is 2.99. The minimum Gasteiger partial charge on any atom is -0.380 e. The van der Waals surface area contributed by atoms with Crippen LogP contribution in [0.15, 0.2) is 0 Å². The third-order valence-corrected chi connectivity index (χ3v) is 2.55. The first-order valence-corrected chi connectivity index (χ1v) is 6.04. The summed E-state index contributed by atoms with van der Waals surface area (Å²) in [6, 6.07) is 0. The van der Waals surface area contributed by atoms with Gasteiger partial charge in [-0.15, -0.1) is 11.6 Å². The van der Waals surface area contributed by atoms with Gasteiger partial charge in [-0.25, -0.2) is 0 Å². The van der Waals surface area contributed by atoms with Crippen molar-refractivity contribution >= 4 is 11.6 Å². The summed E-state index contributed by atoms with van der Waals surface area (Å²) in [6.45, 7) is 10.2. The Labute approximate surface area is 93.4 Å². The van der Waals surface area contributed by atoms with E-state index in [4.69, 9.17) is 16.3 Å². The average molecular weight is 222 g/mol. The molecule has 1 unspecified atom stereocenters. The van der Waals surface area contributed by atoms with E-state index < -0.39 is 0 Å². The number of nitrogens with one attached hydrogen (secondary N) is 1.